The number of benzene rings is 1. The lowest BCUT2D eigenvalue weighted by atomic mass is 10.1. The first-order valence-electron chi connectivity index (χ1n) is 7.60. The number of aromatic nitrogens is 3. The van der Waals surface area contributed by atoms with Crippen LogP contribution < -0.4 is 5.32 Å². The highest BCUT2D eigenvalue weighted by atomic mass is 19.4. The molecule has 2 heterocycles. The van der Waals surface area contributed by atoms with Crippen LogP contribution in [0, 0.1) is 0 Å². The fourth-order valence-electron chi connectivity index (χ4n) is 2.24. The topological polar surface area (TPSA) is 67.8 Å². The second-order valence-electron chi connectivity index (χ2n) is 5.41. The highest BCUT2D eigenvalue weighted by molar-refractivity contribution is 5.93. The largest absolute Gasteiger partial charge is 0.416 e. The summed E-state index contributed by atoms with van der Waals surface area (Å²) in [6.07, 6.45) is 1.52. The Morgan fingerprint density at radius 3 is 2.38 bits per heavy atom. The standard InChI is InChI=1S/C18H13F3N4O/c19-18(20,21)15-3-1-2-12(8-15)9-25-17(26)14-10-23-16(24-11-14)13-4-6-22-7-5-13/h1-8,10-11H,9H2,(H,25,26). The van der Waals surface area contributed by atoms with E-state index in [0.717, 1.165) is 17.7 Å². The summed E-state index contributed by atoms with van der Waals surface area (Å²) in [5, 5.41) is 2.56. The van der Waals surface area contributed by atoms with Gasteiger partial charge < -0.3 is 5.32 Å². The Labute approximate surface area is 147 Å². The Balaban J connectivity index is 1.65. The monoisotopic (exact) mass is 358 g/mol. The molecule has 1 amide bonds. The van der Waals surface area contributed by atoms with Gasteiger partial charge in [0.15, 0.2) is 5.82 Å². The number of halogens is 3. The number of nitrogens with one attached hydrogen (secondary N) is 1. The Hall–Kier alpha value is -3.29. The molecule has 2 aromatic heterocycles. The molecule has 132 valence electrons. The zero-order chi connectivity index (χ0) is 18.6. The van der Waals surface area contributed by atoms with E-state index in [0.29, 0.717) is 11.4 Å². The normalized spacial score (nSPS) is 11.2. The third-order valence-corrected chi connectivity index (χ3v) is 3.56. The fraction of sp³-hybridized carbons (Fsp3) is 0.111. The van der Waals surface area contributed by atoms with Gasteiger partial charge in [-0.1, -0.05) is 12.1 Å². The van der Waals surface area contributed by atoms with Crippen molar-refractivity contribution < 1.29 is 18.0 Å². The van der Waals surface area contributed by atoms with Crippen LogP contribution in [0.3, 0.4) is 0 Å². The van der Waals surface area contributed by atoms with Crippen molar-refractivity contribution in [2.75, 3.05) is 0 Å². The molecule has 0 aliphatic rings. The Bertz CT molecular complexity index is 896. The summed E-state index contributed by atoms with van der Waals surface area (Å²) in [5.41, 5.74) is 0.572. The van der Waals surface area contributed by atoms with Crippen molar-refractivity contribution >= 4 is 5.91 Å². The van der Waals surface area contributed by atoms with Gasteiger partial charge >= 0.3 is 6.18 Å². The molecule has 0 aliphatic carbocycles. The molecule has 1 N–H and O–H groups in total. The van der Waals surface area contributed by atoms with E-state index in [2.05, 4.69) is 20.3 Å². The van der Waals surface area contributed by atoms with Crippen LogP contribution in [-0.2, 0) is 12.7 Å². The van der Waals surface area contributed by atoms with Gasteiger partial charge in [-0.05, 0) is 29.8 Å². The SMILES string of the molecule is O=C(NCc1cccc(C(F)(F)F)c1)c1cnc(-c2ccncc2)nc1. The maximum Gasteiger partial charge on any atom is 0.416 e. The van der Waals surface area contributed by atoms with Gasteiger partial charge in [0.25, 0.3) is 5.91 Å². The second-order valence-corrected chi connectivity index (χ2v) is 5.41. The van der Waals surface area contributed by atoms with Crippen LogP contribution in [0.25, 0.3) is 11.4 Å². The molecule has 0 unspecified atom stereocenters. The molecule has 0 bridgehead atoms. The molecule has 0 fully saturated rings. The summed E-state index contributed by atoms with van der Waals surface area (Å²) in [4.78, 5) is 24.3. The molecule has 0 spiro atoms. The number of carbonyl (C=O) groups is 1. The van der Waals surface area contributed by atoms with Crippen LogP contribution in [0.15, 0.2) is 61.2 Å². The number of hydrogen-bond donors (Lipinski definition) is 1. The first kappa shape index (κ1) is 17.5. The highest BCUT2D eigenvalue weighted by Crippen LogP contribution is 2.29. The minimum absolute atomic E-state index is 0.0329. The molecule has 0 saturated carbocycles. The minimum atomic E-state index is -4.42. The highest BCUT2D eigenvalue weighted by Gasteiger charge is 2.30. The number of amides is 1. The number of pyridine rings is 1. The van der Waals surface area contributed by atoms with Crippen molar-refractivity contribution in [1.82, 2.24) is 20.3 Å². The summed E-state index contributed by atoms with van der Waals surface area (Å²) in [6, 6.07) is 8.28. The molecule has 3 aromatic rings. The molecule has 0 saturated heterocycles. The number of hydrogen-bond acceptors (Lipinski definition) is 4. The number of carbonyl (C=O) groups excluding carboxylic acids is 1. The van der Waals surface area contributed by atoms with Crippen molar-refractivity contribution in [3.05, 3.63) is 77.9 Å². The maximum absolute atomic E-state index is 12.7. The molecule has 0 aliphatic heterocycles. The molecule has 0 radical (unpaired) electrons. The van der Waals surface area contributed by atoms with E-state index in [9.17, 15) is 18.0 Å². The van der Waals surface area contributed by atoms with Crippen LogP contribution >= 0.6 is 0 Å². The average molecular weight is 358 g/mol. The predicted molar refractivity (Wildman–Crippen MR) is 87.9 cm³/mol. The smallest absolute Gasteiger partial charge is 0.348 e. The Morgan fingerprint density at radius 2 is 1.73 bits per heavy atom. The van der Waals surface area contributed by atoms with E-state index in [-0.39, 0.29) is 12.1 Å². The lowest BCUT2D eigenvalue weighted by Crippen LogP contribution is -2.23. The minimum Gasteiger partial charge on any atom is -0.348 e. The van der Waals surface area contributed by atoms with Gasteiger partial charge in [-0.25, -0.2) is 9.97 Å². The third-order valence-electron chi connectivity index (χ3n) is 3.56. The van der Waals surface area contributed by atoms with Crippen molar-refractivity contribution in [3.63, 3.8) is 0 Å². The number of rotatable bonds is 4. The second kappa shape index (κ2) is 7.30. The molecular formula is C18H13F3N4O. The summed E-state index contributed by atoms with van der Waals surface area (Å²) in [5.74, 6) is -0.0227. The number of nitrogens with zero attached hydrogens (tertiary/aromatic N) is 3. The fourth-order valence-corrected chi connectivity index (χ4v) is 2.24. The maximum atomic E-state index is 12.7. The average Bonchev–Trinajstić information content (AvgIpc) is 2.66. The van der Waals surface area contributed by atoms with Crippen LogP contribution in [0.5, 0.6) is 0 Å². The van der Waals surface area contributed by atoms with Crippen LogP contribution in [-0.4, -0.2) is 20.9 Å². The quantitative estimate of drug-likeness (QED) is 0.775. The third kappa shape index (κ3) is 4.21. The van der Waals surface area contributed by atoms with Gasteiger partial charge in [-0.15, -0.1) is 0 Å². The van der Waals surface area contributed by atoms with Gasteiger partial charge in [-0.3, -0.25) is 9.78 Å². The molecule has 8 heteroatoms. The zero-order valence-corrected chi connectivity index (χ0v) is 13.4. The first-order valence-corrected chi connectivity index (χ1v) is 7.60. The summed E-state index contributed by atoms with van der Waals surface area (Å²) in [7, 11) is 0. The van der Waals surface area contributed by atoms with Gasteiger partial charge in [0.1, 0.15) is 0 Å². The van der Waals surface area contributed by atoms with Crippen molar-refractivity contribution in [3.8, 4) is 11.4 Å². The molecule has 26 heavy (non-hydrogen) atoms. The van der Waals surface area contributed by atoms with Crippen LogP contribution in [0.1, 0.15) is 21.5 Å². The van der Waals surface area contributed by atoms with E-state index in [1.54, 1.807) is 24.5 Å². The van der Waals surface area contributed by atoms with Gasteiger partial charge in [-0.2, -0.15) is 13.2 Å². The first-order chi connectivity index (χ1) is 12.4. The Morgan fingerprint density at radius 1 is 1.04 bits per heavy atom. The molecule has 5 nitrogen and oxygen atoms in total. The molecule has 0 atom stereocenters. The van der Waals surface area contributed by atoms with Crippen LogP contribution in [0.4, 0.5) is 13.2 Å². The van der Waals surface area contributed by atoms with Crippen molar-refractivity contribution in [2.45, 2.75) is 12.7 Å². The summed E-state index contributed by atoms with van der Waals surface area (Å²) >= 11 is 0. The predicted octanol–water partition coefficient (Wildman–Crippen LogP) is 3.49. The lowest BCUT2D eigenvalue weighted by Gasteiger charge is -2.09. The van der Waals surface area contributed by atoms with E-state index in [4.69, 9.17) is 0 Å². The van der Waals surface area contributed by atoms with Gasteiger partial charge in [0.2, 0.25) is 0 Å². The van der Waals surface area contributed by atoms with Crippen LogP contribution in [0.2, 0.25) is 0 Å². The Kier molecular flexibility index (Phi) is 4.92. The molecular weight excluding hydrogens is 345 g/mol. The van der Waals surface area contributed by atoms with E-state index in [1.165, 1.54) is 24.5 Å². The van der Waals surface area contributed by atoms with Gasteiger partial charge in [0, 0.05) is 36.9 Å². The van der Waals surface area contributed by atoms with E-state index in [1.807, 2.05) is 0 Å². The van der Waals surface area contributed by atoms with E-state index >= 15 is 0 Å². The number of alkyl halides is 3. The van der Waals surface area contributed by atoms with Crippen molar-refractivity contribution in [1.29, 1.82) is 0 Å². The van der Waals surface area contributed by atoms with Gasteiger partial charge in [0.05, 0.1) is 11.1 Å². The summed E-state index contributed by atoms with van der Waals surface area (Å²) in [6.45, 7) is -0.0329. The summed E-state index contributed by atoms with van der Waals surface area (Å²) < 4.78 is 38.1. The van der Waals surface area contributed by atoms with Crippen molar-refractivity contribution in [2.24, 2.45) is 0 Å². The molecule has 1 aromatic carbocycles. The zero-order valence-electron chi connectivity index (χ0n) is 13.4. The lowest BCUT2D eigenvalue weighted by molar-refractivity contribution is -0.137. The molecule has 3 rings (SSSR count). The van der Waals surface area contributed by atoms with E-state index < -0.39 is 17.6 Å².